The van der Waals surface area contributed by atoms with E-state index in [0.29, 0.717) is 13.0 Å². The van der Waals surface area contributed by atoms with Crippen LogP contribution in [-0.4, -0.2) is 22.2 Å². The second-order valence-electron chi connectivity index (χ2n) is 7.54. The van der Waals surface area contributed by atoms with E-state index in [-0.39, 0.29) is 24.5 Å². The van der Waals surface area contributed by atoms with Gasteiger partial charge >= 0.3 is 5.97 Å². The number of allylic oxidation sites excluding steroid dienone is 1. The number of aromatic nitrogens is 1. The number of carbonyl (C=O) groups is 1. The van der Waals surface area contributed by atoms with Gasteiger partial charge in [-0.3, -0.25) is 9.78 Å². The van der Waals surface area contributed by atoms with Crippen LogP contribution in [-0.2, 0) is 16.1 Å². The van der Waals surface area contributed by atoms with Crippen LogP contribution in [0.2, 0.25) is 0 Å². The SMILES string of the molecule is CCCCCCC(O)C/C=C/CCCCCCCC(=O)OCc1cccnc1.Cl. The number of carbonyl (C=O) groups excluding carboxylic acids is 1. The molecule has 0 aliphatic heterocycles. The fourth-order valence-electron chi connectivity index (χ4n) is 3.08. The predicted octanol–water partition coefficient (Wildman–Crippen LogP) is 6.55. The van der Waals surface area contributed by atoms with Gasteiger partial charge in [0.1, 0.15) is 6.61 Å². The Kier molecular flexibility index (Phi) is 19.0. The van der Waals surface area contributed by atoms with Crippen molar-refractivity contribution in [2.75, 3.05) is 0 Å². The molecule has 5 heteroatoms. The van der Waals surface area contributed by atoms with Crippen LogP contribution in [0.5, 0.6) is 0 Å². The van der Waals surface area contributed by atoms with Crippen LogP contribution in [0.1, 0.15) is 96.0 Å². The molecular weight excluding hydrogens is 386 g/mol. The van der Waals surface area contributed by atoms with Crippen LogP contribution >= 0.6 is 12.4 Å². The highest BCUT2D eigenvalue weighted by Crippen LogP contribution is 2.11. The van der Waals surface area contributed by atoms with Crippen molar-refractivity contribution in [2.24, 2.45) is 0 Å². The van der Waals surface area contributed by atoms with Crippen molar-refractivity contribution in [2.45, 2.75) is 103 Å². The topological polar surface area (TPSA) is 59.4 Å². The molecule has 1 aromatic rings. The van der Waals surface area contributed by atoms with Crippen molar-refractivity contribution in [3.63, 3.8) is 0 Å². The zero-order chi connectivity index (χ0) is 20.3. The standard InChI is InChI=1S/C24H39NO3.ClH/c1-2-3-4-11-16-23(26)17-12-9-7-5-6-8-10-13-18-24(27)28-21-22-15-14-19-25-20-22;/h9,12,14-15,19-20,23,26H,2-8,10-11,13,16-18,21H2,1H3;1H/b12-9+;. The van der Waals surface area contributed by atoms with E-state index in [1.807, 2.05) is 12.1 Å². The number of rotatable bonds is 17. The van der Waals surface area contributed by atoms with Crippen molar-refractivity contribution < 1.29 is 14.6 Å². The van der Waals surface area contributed by atoms with Crippen LogP contribution in [0.3, 0.4) is 0 Å². The maximum atomic E-state index is 11.7. The molecule has 166 valence electrons. The molecule has 1 rings (SSSR count). The molecule has 0 saturated heterocycles. The zero-order valence-electron chi connectivity index (χ0n) is 18.1. The second kappa shape index (κ2) is 19.9. The van der Waals surface area contributed by atoms with Gasteiger partial charge in [0.05, 0.1) is 6.10 Å². The summed E-state index contributed by atoms with van der Waals surface area (Å²) in [5.41, 5.74) is 0.924. The van der Waals surface area contributed by atoms with Crippen LogP contribution in [0.4, 0.5) is 0 Å². The van der Waals surface area contributed by atoms with E-state index in [9.17, 15) is 9.90 Å². The van der Waals surface area contributed by atoms with E-state index in [1.165, 1.54) is 32.1 Å². The molecule has 1 atom stereocenters. The molecule has 0 fully saturated rings. The molecule has 0 aromatic carbocycles. The normalized spacial score (nSPS) is 11.9. The Bertz CT molecular complexity index is 522. The predicted molar refractivity (Wildman–Crippen MR) is 122 cm³/mol. The fourth-order valence-corrected chi connectivity index (χ4v) is 3.08. The maximum absolute atomic E-state index is 11.7. The Morgan fingerprint density at radius 1 is 1.10 bits per heavy atom. The van der Waals surface area contributed by atoms with Crippen LogP contribution in [0.25, 0.3) is 0 Å². The summed E-state index contributed by atoms with van der Waals surface area (Å²) < 4.78 is 5.25. The van der Waals surface area contributed by atoms with Gasteiger partial charge in [0.15, 0.2) is 0 Å². The number of pyridine rings is 1. The molecule has 1 aromatic heterocycles. The summed E-state index contributed by atoms with van der Waals surface area (Å²) in [5.74, 6) is -0.125. The largest absolute Gasteiger partial charge is 0.461 e. The van der Waals surface area contributed by atoms with Crippen molar-refractivity contribution in [3.8, 4) is 0 Å². The van der Waals surface area contributed by atoms with Crippen molar-refractivity contribution in [1.29, 1.82) is 0 Å². The summed E-state index contributed by atoms with van der Waals surface area (Å²) in [6.45, 7) is 2.52. The van der Waals surface area contributed by atoms with Gasteiger partial charge in [-0.15, -0.1) is 12.4 Å². The lowest BCUT2D eigenvalue weighted by molar-refractivity contribution is -0.145. The van der Waals surface area contributed by atoms with Gasteiger partial charge in [-0.25, -0.2) is 0 Å². The molecule has 0 saturated carbocycles. The third-order valence-electron chi connectivity index (χ3n) is 4.84. The number of ether oxygens (including phenoxy) is 1. The van der Waals surface area contributed by atoms with Crippen molar-refractivity contribution in [1.82, 2.24) is 4.98 Å². The van der Waals surface area contributed by atoms with Crippen LogP contribution in [0.15, 0.2) is 36.7 Å². The minimum absolute atomic E-state index is 0. The van der Waals surface area contributed by atoms with Crippen molar-refractivity contribution in [3.05, 3.63) is 42.2 Å². The molecule has 29 heavy (non-hydrogen) atoms. The van der Waals surface area contributed by atoms with Gasteiger partial charge in [-0.05, 0) is 38.2 Å². The summed E-state index contributed by atoms with van der Waals surface area (Å²) in [4.78, 5) is 15.7. The summed E-state index contributed by atoms with van der Waals surface area (Å²) in [6, 6.07) is 3.75. The lowest BCUT2D eigenvalue weighted by atomic mass is 10.1. The van der Waals surface area contributed by atoms with Gasteiger partial charge in [-0.2, -0.15) is 0 Å². The summed E-state index contributed by atoms with van der Waals surface area (Å²) in [7, 11) is 0. The number of unbranched alkanes of at least 4 members (excludes halogenated alkanes) is 8. The first kappa shape index (κ1) is 27.6. The highest BCUT2D eigenvalue weighted by molar-refractivity contribution is 5.85. The molecular formula is C24H40ClNO3. The highest BCUT2D eigenvalue weighted by atomic mass is 35.5. The molecule has 0 amide bonds. The number of nitrogens with zero attached hydrogens (tertiary/aromatic N) is 1. The highest BCUT2D eigenvalue weighted by Gasteiger charge is 2.03. The fraction of sp³-hybridized carbons (Fsp3) is 0.667. The number of halogens is 1. The first-order chi connectivity index (χ1) is 13.7. The molecule has 0 aliphatic rings. The molecule has 0 aliphatic carbocycles. The number of hydrogen-bond donors (Lipinski definition) is 1. The number of esters is 1. The minimum Gasteiger partial charge on any atom is -0.461 e. The number of aliphatic hydroxyl groups is 1. The van der Waals surface area contributed by atoms with Crippen LogP contribution in [0, 0.1) is 0 Å². The third-order valence-corrected chi connectivity index (χ3v) is 4.84. The quantitative estimate of drug-likeness (QED) is 0.174. The van der Waals surface area contributed by atoms with E-state index in [1.54, 1.807) is 12.4 Å². The second-order valence-corrected chi connectivity index (χ2v) is 7.54. The van der Waals surface area contributed by atoms with Gasteiger partial charge in [-0.1, -0.05) is 70.1 Å². The Hall–Kier alpha value is -1.39. The Morgan fingerprint density at radius 2 is 1.86 bits per heavy atom. The van der Waals surface area contributed by atoms with E-state index in [2.05, 4.69) is 24.1 Å². The molecule has 0 bridgehead atoms. The zero-order valence-corrected chi connectivity index (χ0v) is 18.9. The third kappa shape index (κ3) is 17.2. The lowest BCUT2D eigenvalue weighted by Crippen LogP contribution is -2.04. The summed E-state index contributed by atoms with van der Waals surface area (Å²) >= 11 is 0. The average Bonchev–Trinajstić information content (AvgIpc) is 2.72. The molecule has 0 radical (unpaired) electrons. The van der Waals surface area contributed by atoms with Gasteiger partial charge in [0, 0.05) is 24.4 Å². The monoisotopic (exact) mass is 425 g/mol. The van der Waals surface area contributed by atoms with Gasteiger partial charge in [0.2, 0.25) is 0 Å². The minimum atomic E-state index is -0.175. The molecule has 1 heterocycles. The van der Waals surface area contributed by atoms with Gasteiger partial charge in [0.25, 0.3) is 0 Å². The molecule has 1 unspecified atom stereocenters. The van der Waals surface area contributed by atoms with Crippen LogP contribution < -0.4 is 0 Å². The Balaban J connectivity index is 0.00000784. The summed E-state index contributed by atoms with van der Waals surface area (Å²) in [6.07, 6.45) is 21.2. The first-order valence-electron chi connectivity index (χ1n) is 11.1. The van der Waals surface area contributed by atoms with Crippen molar-refractivity contribution >= 4 is 18.4 Å². The van der Waals surface area contributed by atoms with E-state index in [4.69, 9.17) is 4.74 Å². The Labute approximate surface area is 183 Å². The smallest absolute Gasteiger partial charge is 0.306 e. The molecule has 4 nitrogen and oxygen atoms in total. The van der Waals surface area contributed by atoms with E-state index < -0.39 is 0 Å². The Morgan fingerprint density at radius 3 is 2.62 bits per heavy atom. The summed E-state index contributed by atoms with van der Waals surface area (Å²) in [5, 5.41) is 9.90. The molecule has 0 spiro atoms. The van der Waals surface area contributed by atoms with E-state index in [0.717, 1.165) is 50.5 Å². The molecule has 1 N–H and O–H groups in total. The maximum Gasteiger partial charge on any atom is 0.306 e. The average molecular weight is 426 g/mol. The first-order valence-corrected chi connectivity index (χ1v) is 11.1. The van der Waals surface area contributed by atoms with Gasteiger partial charge < -0.3 is 9.84 Å². The van der Waals surface area contributed by atoms with E-state index >= 15 is 0 Å². The number of aliphatic hydroxyl groups excluding tert-OH is 1. The lowest BCUT2D eigenvalue weighted by Gasteiger charge is -2.07. The number of hydrogen-bond acceptors (Lipinski definition) is 4.